The zero-order valence-corrected chi connectivity index (χ0v) is 20.2. The smallest absolute Gasteiger partial charge is 0.273 e. The van der Waals surface area contributed by atoms with Crippen molar-refractivity contribution < 1.29 is 9.59 Å². The number of amides is 1. The number of imidazole rings is 1. The number of H-pyrrole nitrogens is 2. The molecule has 0 unspecified atom stereocenters. The number of aryl methyl sites for hydroxylation is 3. The molecule has 36 heavy (non-hydrogen) atoms. The topological polar surface area (TPSA) is 121 Å². The van der Waals surface area contributed by atoms with Crippen molar-refractivity contribution in [1.82, 2.24) is 29.9 Å². The molecule has 0 aliphatic rings. The molecule has 0 bridgehead atoms. The number of anilines is 1. The Morgan fingerprint density at radius 1 is 1.06 bits per heavy atom. The third-order valence-corrected chi connectivity index (χ3v) is 5.96. The molecular weight excluding hydrogens is 454 g/mol. The lowest BCUT2D eigenvalue weighted by molar-refractivity contribution is 0.101. The third kappa shape index (κ3) is 4.46. The highest BCUT2D eigenvalue weighted by atomic mass is 16.2. The van der Waals surface area contributed by atoms with Gasteiger partial charge in [-0.1, -0.05) is 18.2 Å². The molecule has 2 aromatic carbocycles. The number of carbonyl (C=O) groups is 2. The van der Waals surface area contributed by atoms with Crippen molar-refractivity contribution in [2.75, 3.05) is 5.32 Å². The molecule has 0 aliphatic heterocycles. The van der Waals surface area contributed by atoms with Crippen LogP contribution in [0.5, 0.6) is 0 Å². The molecule has 3 heterocycles. The minimum absolute atomic E-state index is 0.149. The van der Waals surface area contributed by atoms with E-state index in [9.17, 15) is 9.59 Å². The lowest BCUT2D eigenvalue weighted by Gasteiger charge is -2.11. The minimum atomic E-state index is -0.265. The molecule has 5 rings (SSSR count). The van der Waals surface area contributed by atoms with Gasteiger partial charge in [0.05, 0.1) is 16.9 Å². The van der Waals surface area contributed by atoms with Gasteiger partial charge in [-0.05, 0) is 62.8 Å². The molecule has 180 valence electrons. The van der Waals surface area contributed by atoms with Crippen molar-refractivity contribution in [1.29, 1.82) is 0 Å². The standard InChI is InChI=1S/C27H25N7O2/c1-4-34-24(13-17(3)33-34)27(36)30-22-14-18(6-5-16(22)2)26(35)19-7-8-20-21(31-32-23(20)15-19)9-10-25-28-11-12-29-25/h5-15H,4H2,1-3H3,(H,28,29)(H,30,36)(H,31,32)/b10-9+. The molecule has 5 aromatic rings. The third-order valence-electron chi connectivity index (χ3n) is 5.96. The van der Waals surface area contributed by atoms with E-state index in [0.717, 1.165) is 33.7 Å². The summed E-state index contributed by atoms with van der Waals surface area (Å²) < 4.78 is 1.66. The van der Waals surface area contributed by atoms with Gasteiger partial charge in [-0.15, -0.1) is 0 Å². The van der Waals surface area contributed by atoms with Crippen molar-refractivity contribution in [3.8, 4) is 0 Å². The summed E-state index contributed by atoms with van der Waals surface area (Å²) in [4.78, 5) is 33.4. The highest BCUT2D eigenvalue weighted by Crippen LogP contribution is 2.24. The number of aromatic nitrogens is 6. The Balaban J connectivity index is 1.39. The van der Waals surface area contributed by atoms with Crippen molar-refractivity contribution in [2.24, 2.45) is 0 Å². The average Bonchev–Trinajstić information content (AvgIpc) is 3.63. The molecule has 0 atom stereocenters. The van der Waals surface area contributed by atoms with Crippen LogP contribution in [0.4, 0.5) is 5.69 Å². The van der Waals surface area contributed by atoms with Gasteiger partial charge in [-0.3, -0.25) is 19.4 Å². The summed E-state index contributed by atoms with van der Waals surface area (Å²) >= 11 is 0. The van der Waals surface area contributed by atoms with Crippen LogP contribution in [0.2, 0.25) is 0 Å². The molecule has 3 aromatic heterocycles. The van der Waals surface area contributed by atoms with Crippen LogP contribution in [0.25, 0.3) is 23.1 Å². The Hall–Kier alpha value is -4.79. The fraction of sp³-hybridized carbons (Fsp3) is 0.148. The van der Waals surface area contributed by atoms with E-state index in [-0.39, 0.29) is 11.7 Å². The second-order valence-corrected chi connectivity index (χ2v) is 8.48. The molecule has 3 N–H and O–H groups in total. The maximum absolute atomic E-state index is 13.3. The van der Waals surface area contributed by atoms with E-state index in [1.54, 1.807) is 47.4 Å². The van der Waals surface area contributed by atoms with Crippen LogP contribution in [0, 0.1) is 13.8 Å². The summed E-state index contributed by atoms with van der Waals surface area (Å²) in [5.41, 5.74) is 5.20. The van der Waals surface area contributed by atoms with Crippen molar-refractivity contribution >= 4 is 40.4 Å². The molecule has 0 aliphatic carbocycles. The van der Waals surface area contributed by atoms with Gasteiger partial charge in [-0.2, -0.15) is 10.2 Å². The largest absolute Gasteiger partial charge is 0.345 e. The van der Waals surface area contributed by atoms with Crippen molar-refractivity contribution in [2.45, 2.75) is 27.3 Å². The fourth-order valence-electron chi connectivity index (χ4n) is 4.06. The number of carbonyl (C=O) groups excluding carboxylic acids is 2. The molecule has 9 nitrogen and oxygen atoms in total. The van der Waals surface area contributed by atoms with Gasteiger partial charge in [0.25, 0.3) is 5.91 Å². The molecule has 0 fully saturated rings. The average molecular weight is 480 g/mol. The first kappa shape index (κ1) is 23.0. The Morgan fingerprint density at radius 3 is 2.64 bits per heavy atom. The SMILES string of the molecule is CCn1nc(C)cc1C(=O)Nc1cc(C(=O)c2ccc3c(/C=C/c4ncc[nH]4)n[nH]c3c2)ccc1C. The van der Waals surface area contributed by atoms with E-state index in [1.165, 1.54) is 0 Å². The van der Waals surface area contributed by atoms with Gasteiger partial charge in [0.1, 0.15) is 11.5 Å². The monoisotopic (exact) mass is 479 g/mol. The van der Waals surface area contributed by atoms with Crippen LogP contribution in [0.3, 0.4) is 0 Å². The van der Waals surface area contributed by atoms with E-state index >= 15 is 0 Å². The lowest BCUT2D eigenvalue weighted by Crippen LogP contribution is -2.18. The van der Waals surface area contributed by atoms with Gasteiger partial charge in [-0.25, -0.2) is 4.98 Å². The van der Waals surface area contributed by atoms with Gasteiger partial charge in [0.2, 0.25) is 0 Å². The number of rotatable bonds is 7. The molecule has 1 amide bonds. The zero-order valence-electron chi connectivity index (χ0n) is 20.2. The van der Waals surface area contributed by atoms with Crippen LogP contribution in [-0.2, 0) is 6.54 Å². The molecule has 9 heteroatoms. The number of nitrogens with one attached hydrogen (secondary N) is 3. The molecular formula is C27H25N7O2. The summed E-state index contributed by atoms with van der Waals surface area (Å²) in [7, 11) is 0. The number of fused-ring (bicyclic) bond motifs is 1. The number of ketones is 1. The first-order valence-electron chi connectivity index (χ1n) is 11.6. The minimum Gasteiger partial charge on any atom is -0.345 e. The Morgan fingerprint density at radius 2 is 1.86 bits per heavy atom. The first-order valence-corrected chi connectivity index (χ1v) is 11.6. The second kappa shape index (κ2) is 9.46. The van der Waals surface area contributed by atoms with E-state index in [0.29, 0.717) is 29.1 Å². The molecule has 0 spiro atoms. The maximum atomic E-state index is 13.3. The van der Waals surface area contributed by atoms with Crippen LogP contribution >= 0.6 is 0 Å². The summed E-state index contributed by atoms with van der Waals surface area (Å²) in [6.07, 6.45) is 7.14. The quantitative estimate of drug-likeness (QED) is 0.290. The van der Waals surface area contributed by atoms with Gasteiger partial charge < -0.3 is 10.3 Å². The van der Waals surface area contributed by atoms with Crippen LogP contribution < -0.4 is 5.32 Å². The van der Waals surface area contributed by atoms with Crippen LogP contribution in [-0.4, -0.2) is 41.6 Å². The van der Waals surface area contributed by atoms with Crippen LogP contribution in [0.15, 0.2) is 54.9 Å². The van der Waals surface area contributed by atoms with Crippen molar-refractivity contribution in [3.05, 3.63) is 94.5 Å². The first-order chi connectivity index (χ1) is 17.4. The maximum Gasteiger partial charge on any atom is 0.273 e. The molecule has 0 saturated carbocycles. The Bertz CT molecular complexity index is 1610. The Kier molecular flexibility index (Phi) is 6.03. The number of nitrogens with zero attached hydrogens (tertiary/aromatic N) is 4. The molecule has 0 saturated heterocycles. The second-order valence-electron chi connectivity index (χ2n) is 8.48. The lowest BCUT2D eigenvalue weighted by atomic mass is 9.99. The fourth-order valence-corrected chi connectivity index (χ4v) is 4.06. The number of hydrogen-bond acceptors (Lipinski definition) is 5. The summed E-state index contributed by atoms with van der Waals surface area (Å²) in [6.45, 7) is 6.26. The summed E-state index contributed by atoms with van der Waals surface area (Å²) in [5.74, 6) is 0.317. The normalized spacial score (nSPS) is 11.4. The van der Waals surface area contributed by atoms with Crippen molar-refractivity contribution in [3.63, 3.8) is 0 Å². The summed E-state index contributed by atoms with van der Waals surface area (Å²) in [5, 5.41) is 15.5. The van der Waals surface area contributed by atoms with E-state index in [1.807, 2.05) is 45.1 Å². The number of hydrogen-bond donors (Lipinski definition) is 3. The van der Waals surface area contributed by atoms with E-state index in [4.69, 9.17) is 0 Å². The Labute approximate surface area is 207 Å². The molecule has 0 radical (unpaired) electrons. The number of aromatic amines is 2. The highest BCUT2D eigenvalue weighted by Gasteiger charge is 2.17. The van der Waals surface area contributed by atoms with Crippen LogP contribution in [0.1, 0.15) is 56.1 Å². The predicted octanol–water partition coefficient (Wildman–Crippen LogP) is 4.77. The van der Waals surface area contributed by atoms with E-state index in [2.05, 4.69) is 30.6 Å². The van der Waals surface area contributed by atoms with E-state index < -0.39 is 0 Å². The number of benzene rings is 2. The summed E-state index contributed by atoms with van der Waals surface area (Å²) in [6, 6.07) is 12.5. The predicted molar refractivity (Wildman–Crippen MR) is 139 cm³/mol. The van der Waals surface area contributed by atoms with Gasteiger partial charge in [0.15, 0.2) is 5.78 Å². The zero-order chi connectivity index (χ0) is 25.2. The van der Waals surface area contributed by atoms with Gasteiger partial charge in [0, 0.05) is 41.1 Å². The highest BCUT2D eigenvalue weighted by molar-refractivity contribution is 6.12. The van der Waals surface area contributed by atoms with Gasteiger partial charge >= 0.3 is 0 Å².